The number of hydrogen-bond acceptors (Lipinski definition) is 5. The number of rotatable bonds is 2. The molecule has 3 rings (SSSR count). The molecule has 1 N–H and O–H groups in total. The van der Waals surface area contributed by atoms with Crippen molar-refractivity contribution in [2.24, 2.45) is 0 Å². The van der Waals surface area contributed by atoms with Crippen molar-refractivity contribution in [2.75, 3.05) is 39.9 Å². The molecule has 0 saturated carbocycles. The molecule has 5 heteroatoms. The highest BCUT2D eigenvalue weighted by atomic mass is 16.5. The third-order valence-corrected chi connectivity index (χ3v) is 4.08. The van der Waals surface area contributed by atoms with Crippen LogP contribution in [0.4, 0.5) is 0 Å². The zero-order chi connectivity index (χ0) is 13.9. The Balaban J connectivity index is 1.78. The molecule has 0 spiro atoms. The maximum absolute atomic E-state index is 9.03. The van der Waals surface area contributed by atoms with Crippen LogP contribution in [0.5, 0.6) is 5.75 Å². The molecule has 106 valence electrons. The fraction of sp³-hybridized carbons (Fsp3) is 0.533. The summed E-state index contributed by atoms with van der Waals surface area (Å²) in [6, 6.07) is 8.32. The van der Waals surface area contributed by atoms with Gasteiger partial charge in [-0.2, -0.15) is 5.26 Å². The third-order valence-electron chi connectivity index (χ3n) is 4.08. The summed E-state index contributed by atoms with van der Waals surface area (Å²) in [4.78, 5) is 2.48. The van der Waals surface area contributed by atoms with Gasteiger partial charge in [-0.1, -0.05) is 6.07 Å². The highest BCUT2D eigenvalue weighted by Gasteiger charge is 2.31. The minimum Gasteiger partial charge on any atom is -0.495 e. The van der Waals surface area contributed by atoms with E-state index in [1.807, 2.05) is 12.1 Å². The van der Waals surface area contributed by atoms with E-state index in [1.165, 1.54) is 0 Å². The van der Waals surface area contributed by atoms with Crippen LogP contribution in [0.15, 0.2) is 18.2 Å². The average molecular weight is 273 g/mol. The van der Waals surface area contributed by atoms with Gasteiger partial charge in [-0.25, -0.2) is 0 Å². The molecule has 2 heterocycles. The lowest BCUT2D eigenvalue weighted by Crippen LogP contribution is -2.57. The molecule has 1 aromatic rings. The Kier molecular flexibility index (Phi) is 3.88. The Hall–Kier alpha value is -1.61. The van der Waals surface area contributed by atoms with Gasteiger partial charge >= 0.3 is 0 Å². The lowest BCUT2D eigenvalue weighted by molar-refractivity contribution is -0.0718. The first-order chi connectivity index (χ1) is 9.81. The highest BCUT2D eigenvalue weighted by molar-refractivity contribution is 5.45. The van der Waals surface area contributed by atoms with Gasteiger partial charge in [-0.15, -0.1) is 0 Å². The molecule has 2 atom stereocenters. The topological polar surface area (TPSA) is 57.5 Å². The van der Waals surface area contributed by atoms with E-state index in [9.17, 15) is 0 Å². The summed E-state index contributed by atoms with van der Waals surface area (Å²) in [7, 11) is 1.59. The number of piperazine rings is 1. The fourth-order valence-electron chi connectivity index (χ4n) is 2.90. The Bertz CT molecular complexity index is 526. The first-order valence-corrected chi connectivity index (χ1v) is 6.96. The number of fused-ring (bicyclic) bond motifs is 1. The number of methoxy groups -OCH3 is 1. The van der Waals surface area contributed by atoms with Gasteiger partial charge in [0.2, 0.25) is 0 Å². The molecule has 5 nitrogen and oxygen atoms in total. The molecule has 20 heavy (non-hydrogen) atoms. The van der Waals surface area contributed by atoms with Gasteiger partial charge in [-0.05, 0) is 17.7 Å². The van der Waals surface area contributed by atoms with Crippen LogP contribution in [-0.2, 0) is 4.74 Å². The smallest absolute Gasteiger partial charge is 0.136 e. The van der Waals surface area contributed by atoms with Crippen molar-refractivity contribution in [2.45, 2.75) is 12.1 Å². The number of benzene rings is 1. The van der Waals surface area contributed by atoms with Crippen molar-refractivity contribution >= 4 is 0 Å². The molecule has 2 fully saturated rings. The normalized spacial score (nSPS) is 26.6. The first kappa shape index (κ1) is 13.4. The number of nitrogens with one attached hydrogen (secondary N) is 1. The van der Waals surface area contributed by atoms with Crippen LogP contribution in [0.1, 0.15) is 17.2 Å². The van der Waals surface area contributed by atoms with Crippen molar-refractivity contribution in [3.63, 3.8) is 0 Å². The second-order valence-corrected chi connectivity index (χ2v) is 5.25. The van der Waals surface area contributed by atoms with Crippen LogP contribution < -0.4 is 10.1 Å². The summed E-state index contributed by atoms with van der Waals surface area (Å²) in [5.74, 6) is 0.621. The van der Waals surface area contributed by atoms with Crippen LogP contribution in [-0.4, -0.2) is 50.8 Å². The molecule has 2 saturated heterocycles. The SMILES string of the molecule is COc1cc(C2CN3CCNCC3CO2)ccc1C#N. The van der Waals surface area contributed by atoms with E-state index in [0.717, 1.165) is 38.3 Å². The molecule has 2 unspecified atom stereocenters. The van der Waals surface area contributed by atoms with Gasteiger partial charge < -0.3 is 14.8 Å². The molecule has 0 amide bonds. The molecule has 2 aliphatic rings. The van der Waals surface area contributed by atoms with E-state index in [1.54, 1.807) is 13.2 Å². The van der Waals surface area contributed by atoms with E-state index in [0.29, 0.717) is 17.4 Å². The average Bonchev–Trinajstić information content (AvgIpc) is 2.53. The highest BCUT2D eigenvalue weighted by Crippen LogP contribution is 2.29. The van der Waals surface area contributed by atoms with Crippen molar-refractivity contribution in [3.05, 3.63) is 29.3 Å². The van der Waals surface area contributed by atoms with Crippen molar-refractivity contribution in [1.29, 1.82) is 5.26 Å². The third kappa shape index (κ3) is 2.50. The minimum absolute atomic E-state index is 0.0611. The Morgan fingerprint density at radius 1 is 1.50 bits per heavy atom. The van der Waals surface area contributed by atoms with E-state index in [4.69, 9.17) is 14.7 Å². The Labute approximate surface area is 119 Å². The molecule has 0 radical (unpaired) electrons. The van der Waals surface area contributed by atoms with Crippen LogP contribution in [0.2, 0.25) is 0 Å². The minimum atomic E-state index is 0.0611. The number of nitriles is 1. The fourth-order valence-corrected chi connectivity index (χ4v) is 2.90. The second kappa shape index (κ2) is 5.80. The molecular weight excluding hydrogens is 254 g/mol. The number of morpholine rings is 1. The lowest BCUT2D eigenvalue weighted by Gasteiger charge is -2.42. The summed E-state index contributed by atoms with van der Waals surface area (Å²) in [6.45, 7) is 4.77. The first-order valence-electron chi connectivity index (χ1n) is 6.96. The van der Waals surface area contributed by atoms with Gasteiger partial charge in [0, 0.05) is 32.2 Å². The monoisotopic (exact) mass is 273 g/mol. The van der Waals surface area contributed by atoms with Crippen molar-refractivity contribution in [1.82, 2.24) is 10.2 Å². The lowest BCUT2D eigenvalue weighted by atomic mass is 10.0. The quantitative estimate of drug-likeness (QED) is 0.868. The van der Waals surface area contributed by atoms with Crippen LogP contribution in [0.3, 0.4) is 0 Å². The summed E-state index contributed by atoms with van der Waals surface area (Å²) in [6.07, 6.45) is 0.0611. The Morgan fingerprint density at radius 2 is 2.40 bits per heavy atom. The molecule has 0 aliphatic carbocycles. The van der Waals surface area contributed by atoms with Gasteiger partial charge in [-0.3, -0.25) is 4.90 Å². The second-order valence-electron chi connectivity index (χ2n) is 5.25. The number of hydrogen-bond donors (Lipinski definition) is 1. The molecule has 1 aromatic carbocycles. The number of ether oxygens (including phenoxy) is 2. The molecule has 0 aromatic heterocycles. The summed E-state index contributed by atoms with van der Waals surface area (Å²) in [5, 5.41) is 12.4. The summed E-state index contributed by atoms with van der Waals surface area (Å²) < 4.78 is 11.3. The van der Waals surface area contributed by atoms with Gasteiger partial charge in [0.05, 0.1) is 25.4 Å². The zero-order valence-corrected chi connectivity index (χ0v) is 11.6. The number of nitrogens with zero attached hydrogens (tertiary/aromatic N) is 2. The van der Waals surface area contributed by atoms with Gasteiger partial charge in [0.25, 0.3) is 0 Å². The summed E-state index contributed by atoms with van der Waals surface area (Å²) in [5.41, 5.74) is 1.64. The molecule has 0 bridgehead atoms. The van der Waals surface area contributed by atoms with Crippen molar-refractivity contribution < 1.29 is 9.47 Å². The van der Waals surface area contributed by atoms with E-state index in [2.05, 4.69) is 16.3 Å². The standard InChI is InChI=1S/C15H19N3O2/c1-19-14-6-11(2-3-12(14)7-16)15-9-18-5-4-17-8-13(18)10-20-15/h2-3,6,13,15,17H,4-5,8-10H2,1H3. The largest absolute Gasteiger partial charge is 0.495 e. The van der Waals surface area contributed by atoms with E-state index < -0.39 is 0 Å². The van der Waals surface area contributed by atoms with Gasteiger partial charge in [0.1, 0.15) is 11.8 Å². The van der Waals surface area contributed by atoms with Gasteiger partial charge in [0.15, 0.2) is 0 Å². The molecule has 2 aliphatic heterocycles. The predicted octanol–water partition coefficient (Wildman–Crippen LogP) is 0.912. The predicted molar refractivity (Wildman–Crippen MR) is 74.6 cm³/mol. The van der Waals surface area contributed by atoms with Crippen molar-refractivity contribution in [3.8, 4) is 11.8 Å². The summed E-state index contributed by atoms with van der Waals surface area (Å²) >= 11 is 0. The van der Waals surface area contributed by atoms with Crippen LogP contribution >= 0.6 is 0 Å². The van der Waals surface area contributed by atoms with E-state index in [-0.39, 0.29) is 6.10 Å². The van der Waals surface area contributed by atoms with Crippen LogP contribution in [0.25, 0.3) is 0 Å². The zero-order valence-electron chi connectivity index (χ0n) is 11.6. The Morgan fingerprint density at radius 3 is 3.20 bits per heavy atom. The van der Waals surface area contributed by atoms with E-state index >= 15 is 0 Å². The maximum Gasteiger partial charge on any atom is 0.136 e. The van der Waals surface area contributed by atoms with Crippen LogP contribution in [0, 0.1) is 11.3 Å². The molecular formula is C15H19N3O2. The maximum atomic E-state index is 9.03.